The van der Waals surface area contributed by atoms with Crippen molar-refractivity contribution in [3.05, 3.63) is 29.6 Å². The van der Waals surface area contributed by atoms with E-state index in [1.54, 1.807) is 0 Å². The molecule has 0 radical (unpaired) electrons. The van der Waals surface area contributed by atoms with Gasteiger partial charge in [-0.15, -0.1) is 0 Å². The molecule has 2 N–H and O–H groups in total. The fraction of sp³-hybridized carbons (Fsp3) is 0.640. The van der Waals surface area contributed by atoms with E-state index >= 15 is 0 Å². The zero-order chi connectivity index (χ0) is 22.1. The third-order valence-corrected chi connectivity index (χ3v) is 6.23. The second-order valence-electron chi connectivity index (χ2n) is 8.86. The maximum atomic E-state index is 5.99. The molecule has 31 heavy (non-hydrogen) atoms. The average molecular weight is 425 g/mol. The summed E-state index contributed by atoms with van der Waals surface area (Å²) in [6.07, 6.45) is 13.6. The van der Waals surface area contributed by atoms with Crippen LogP contribution in [-0.4, -0.2) is 53.1 Å². The van der Waals surface area contributed by atoms with E-state index in [4.69, 9.17) is 5.73 Å². The first-order valence-electron chi connectivity index (χ1n) is 12.2. The first-order chi connectivity index (χ1) is 15.1. The Labute approximate surface area is 188 Å². The molecule has 1 aliphatic carbocycles. The summed E-state index contributed by atoms with van der Waals surface area (Å²) in [6.45, 7) is 8.51. The van der Waals surface area contributed by atoms with Gasteiger partial charge in [0.05, 0.1) is 5.69 Å². The number of aryl methyl sites for hydroxylation is 2. The molecular formula is C25H40N6. The molecule has 3 heterocycles. The van der Waals surface area contributed by atoms with Crippen molar-refractivity contribution in [2.45, 2.75) is 71.6 Å². The molecule has 2 aromatic rings. The fourth-order valence-corrected chi connectivity index (χ4v) is 4.20. The number of nitrogens with zero attached hydrogens (tertiary/aromatic N) is 5. The Morgan fingerprint density at radius 3 is 2.32 bits per heavy atom. The second kappa shape index (κ2) is 12.0. The molecule has 6 nitrogen and oxygen atoms in total. The quantitative estimate of drug-likeness (QED) is 0.676. The van der Waals surface area contributed by atoms with Crippen LogP contribution in [-0.2, 0) is 12.8 Å². The SMILES string of the molecule is CCCCCCC.CN1CCN(c2cc(-c3cnc4c(c3)CCCC4)nc(N)n2)CC1. The van der Waals surface area contributed by atoms with Gasteiger partial charge in [-0.1, -0.05) is 46.0 Å². The third-order valence-electron chi connectivity index (χ3n) is 6.23. The van der Waals surface area contributed by atoms with Crippen LogP contribution in [0.1, 0.15) is 70.1 Å². The molecule has 2 aromatic heterocycles. The lowest BCUT2D eigenvalue weighted by molar-refractivity contribution is 0.312. The minimum absolute atomic E-state index is 0.333. The van der Waals surface area contributed by atoms with Crippen LogP contribution in [0.4, 0.5) is 11.8 Å². The number of nitrogens with two attached hydrogens (primary N) is 1. The Bertz CT molecular complexity index is 810. The molecule has 6 heteroatoms. The normalized spacial score (nSPS) is 16.4. The number of hydrogen-bond donors (Lipinski definition) is 1. The smallest absolute Gasteiger partial charge is 0.222 e. The van der Waals surface area contributed by atoms with Crippen LogP contribution in [0, 0.1) is 0 Å². The van der Waals surface area contributed by atoms with Crippen LogP contribution in [0.3, 0.4) is 0 Å². The number of unbranched alkanes of at least 4 members (excludes halogenated alkanes) is 4. The monoisotopic (exact) mass is 424 g/mol. The lowest BCUT2D eigenvalue weighted by atomic mass is 9.94. The number of nitrogen functional groups attached to an aromatic ring is 1. The van der Waals surface area contributed by atoms with Gasteiger partial charge in [-0.05, 0) is 44.4 Å². The van der Waals surface area contributed by atoms with E-state index < -0.39 is 0 Å². The highest BCUT2D eigenvalue weighted by Gasteiger charge is 2.18. The summed E-state index contributed by atoms with van der Waals surface area (Å²) in [7, 11) is 2.15. The average Bonchev–Trinajstić information content (AvgIpc) is 2.79. The molecule has 4 rings (SSSR count). The van der Waals surface area contributed by atoms with E-state index in [9.17, 15) is 0 Å². The van der Waals surface area contributed by atoms with Gasteiger partial charge in [0, 0.05) is 49.7 Å². The van der Waals surface area contributed by atoms with Crippen LogP contribution in [0.15, 0.2) is 18.3 Å². The molecule has 1 fully saturated rings. The number of anilines is 2. The number of piperazine rings is 1. The first-order valence-corrected chi connectivity index (χ1v) is 12.2. The Morgan fingerprint density at radius 2 is 1.61 bits per heavy atom. The summed E-state index contributed by atoms with van der Waals surface area (Å²) in [5.41, 5.74) is 10.5. The van der Waals surface area contributed by atoms with Crippen molar-refractivity contribution in [1.82, 2.24) is 19.9 Å². The van der Waals surface area contributed by atoms with E-state index in [1.165, 1.54) is 56.2 Å². The zero-order valence-electron chi connectivity index (χ0n) is 19.7. The van der Waals surface area contributed by atoms with E-state index in [1.807, 2.05) is 12.3 Å². The van der Waals surface area contributed by atoms with Crippen molar-refractivity contribution in [2.75, 3.05) is 43.9 Å². The van der Waals surface area contributed by atoms with Crippen molar-refractivity contribution in [2.24, 2.45) is 0 Å². The number of pyridine rings is 1. The topological polar surface area (TPSA) is 71.2 Å². The van der Waals surface area contributed by atoms with Crippen molar-refractivity contribution < 1.29 is 0 Å². The molecule has 0 bridgehead atoms. The minimum atomic E-state index is 0.333. The van der Waals surface area contributed by atoms with Crippen LogP contribution < -0.4 is 10.6 Å². The molecule has 0 amide bonds. The number of aromatic nitrogens is 3. The van der Waals surface area contributed by atoms with Crippen molar-refractivity contribution in [3.8, 4) is 11.3 Å². The second-order valence-corrected chi connectivity index (χ2v) is 8.86. The van der Waals surface area contributed by atoms with Crippen molar-refractivity contribution in [3.63, 3.8) is 0 Å². The summed E-state index contributed by atoms with van der Waals surface area (Å²) >= 11 is 0. The summed E-state index contributed by atoms with van der Waals surface area (Å²) in [6, 6.07) is 4.28. The highest BCUT2D eigenvalue weighted by Crippen LogP contribution is 2.27. The van der Waals surface area contributed by atoms with Gasteiger partial charge in [-0.2, -0.15) is 4.98 Å². The van der Waals surface area contributed by atoms with Crippen LogP contribution in [0.5, 0.6) is 0 Å². The van der Waals surface area contributed by atoms with Gasteiger partial charge in [0.2, 0.25) is 5.95 Å². The van der Waals surface area contributed by atoms with Crippen LogP contribution in [0.2, 0.25) is 0 Å². The molecular weight excluding hydrogens is 384 g/mol. The lowest BCUT2D eigenvalue weighted by Gasteiger charge is -2.33. The lowest BCUT2D eigenvalue weighted by Crippen LogP contribution is -2.44. The number of rotatable bonds is 6. The molecule has 0 aromatic carbocycles. The molecule has 0 spiro atoms. The molecule has 1 aliphatic heterocycles. The molecule has 0 atom stereocenters. The molecule has 170 valence electrons. The van der Waals surface area contributed by atoms with Crippen molar-refractivity contribution >= 4 is 11.8 Å². The zero-order valence-corrected chi connectivity index (χ0v) is 19.7. The molecule has 2 aliphatic rings. The van der Waals surface area contributed by atoms with E-state index in [0.29, 0.717) is 5.95 Å². The van der Waals surface area contributed by atoms with Gasteiger partial charge in [-0.25, -0.2) is 4.98 Å². The standard InChI is InChI=1S/C18H24N6.C7H16/c1-23-6-8-24(9-7-23)17-11-16(21-18(19)22-17)14-10-13-4-2-3-5-15(13)20-12-14;1-3-5-7-6-4-2/h10-12H,2-9H2,1H3,(H2,19,21,22);3-7H2,1-2H3. The summed E-state index contributed by atoms with van der Waals surface area (Å²) in [4.78, 5) is 18.2. The molecule has 1 saturated heterocycles. The Kier molecular flexibility index (Phi) is 9.07. The van der Waals surface area contributed by atoms with Gasteiger partial charge in [-0.3, -0.25) is 4.98 Å². The van der Waals surface area contributed by atoms with E-state index in [0.717, 1.165) is 56.1 Å². The van der Waals surface area contributed by atoms with E-state index in [2.05, 4.69) is 51.7 Å². The highest BCUT2D eigenvalue weighted by atomic mass is 15.3. The summed E-state index contributed by atoms with van der Waals surface area (Å²) in [5, 5.41) is 0. The van der Waals surface area contributed by atoms with Gasteiger partial charge in [0.15, 0.2) is 0 Å². The predicted molar refractivity (Wildman–Crippen MR) is 130 cm³/mol. The predicted octanol–water partition coefficient (Wildman–Crippen LogP) is 4.73. The minimum Gasteiger partial charge on any atom is -0.368 e. The summed E-state index contributed by atoms with van der Waals surface area (Å²) in [5.74, 6) is 1.25. The number of fused-ring (bicyclic) bond motifs is 1. The number of hydrogen-bond acceptors (Lipinski definition) is 6. The first kappa shape index (κ1) is 23.5. The third kappa shape index (κ3) is 6.89. The van der Waals surface area contributed by atoms with Gasteiger partial charge in [0.1, 0.15) is 5.82 Å². The Hall–Kier alpha value is -2.21. The maximum Gasteiger partial charge on any atom is 0.222 e. The van der Waals surface area contributed by atoms with Crippen molar-refractivity contribution in [1.29, 1.82) is 0 Å². The number of likely N-dealkylation sites (N-methyl/N-ethyl adjacent to an activating group) is 1. The maximum absolute atomic E-state index is 5.99. The van der Waals surface area contributed by atoms with Crippen LogP contribution in [0.25, 0.3) is 11.3 Å². The highest BCUT2D eigenvalue weighted by molar-refractivity contribution is 5.65. The molecule has 0 saturated carbocycles. The van der Waals surface area contributed by atoms with Gasteiger partial charge < -0.3 is 15.5 Å². The largest absolute Gasteiger partial charge is 0.368 e. The molecule has 0 unspecified atom stereocenters. The Balaban J connectivity index is 0.000000339. The summed E-state index contributed by atoms with van der Waals surface area (Å²) < 4.78 is 0. The van der Waals surface area contributed by atoms with Gasteiger partial charge >= 0.3 is 0 Å². The Morgan fingerprint density at radius 1 is 0.903 bits per heavy atom. The van der Waals surface area contributed by atoms with Crippen LogP contribution >= 0.6 is 0 Å². The van der Waals surface area contributed by atoms with Gasteiger partial charge in [0.25, 0.3) is 0 Å². The van der Waals surface area contributed by atoms with E-state index in [-0.39, 0.29) is 0 Å². The fourth-order valence-electron chi connectivity index (χ4n) is 4.20.